The van der Waals surface area contributed by atoms with Crippen LogP contribution < -0.4 is 27.2 Å². The fourth-order valence-corrected chi connectivity index (χ4v) is 3.59. The molecule has 0 unspecified atom stereocenters. The Balaban J connectivity index is 0.00000241. The SMILES string of the molecule is Cc1ccc(Oc2ccnc(Nc3cccc(C(C)(C)/C(N)=N/NN)c3)c2)c(-c2ccccc2)n1.[HH].[HH]. The van der Waals surface area contributed by atoms with Gasteiger partial charge in [-0.05, 0) is 56.7 Å². The lowest BCUT2D eigenvalue weighted by molar-refractivity contribution is 0.482. The van der Waals surface area contributed by atoms with Crippen LogP contribution in [0.3, 0.4) is 0 Å². The normalized spacial score (nSPS) is 11.7. The lowest BCUT2D eigenvalue weighted by Crippen LogP contribution is -2.38. The van der Waals surface area contributed by atoms with Crippen molar-refractivity contribution in [1.29, 1.82) is 0 Å². The first kappa shape index (κ1) is 23.7. The number of amidine groups is 1. The Bertz CT molecular complexity index is 1350. The second kappa shape index (κ2) is 10.2. The number of aryl methyl sites for hydroxylation is 1. The van der Waals surface area contributed by atoms with Crippen molar-refractivity contribution in [2.75, 3.05) is 5.32 Å². The van der Waals surface area contributed by atoms with Gasteiger partial charge in [-0.1, -0.05) is 42.5 Å². The van der Waals surface area contributed by atoms with E-state index in [1.165, 1.54) is 0 Å². The molecule has 0 aliphatic rings. The molecule has 0 aliphatic carbocycles. The maximum atomic E-state index is 6.24. The van der Waals surface area contributed by atoms with E-state index in [1.54, 1.807) is 6.20 Å². The molecule has 0 fully saturated rings. The molecule has 0 radical (unpaired) electrons. The minimum atomic E-state index is -0.519. The predicted molar refractivity (Wildman–Crippen MR) is 145 cm³/mol. The van der Waals surface area contributed by atoms with E-state index in [0.717, 1.165) is 28.2 Å². The molecule has 0 saturated carbocycles. The van der Waals surface area contributed by atoms with E-state index in [0.29, 0.717) is 23.2 Å². The fraction of sp³-hybridized carbons (Fsp3) is 0.148. The molecule has 4 rings (SSSR count). The number of nitrogens with one attached hydrogen (secondary N) is 2. The van der Waals surface area contributed by atoms with Crippen LogP contribution in [0.25, 0.3) is 11.3 Å². The molecule has 2 aromatic heterocycles. The lowest BCUT2D eigenvalue weighted by atomic mass is 9.83. The molecule has 0 amide bonds. The third-order valence-corrected chi connectivity index (χ3v) is 5.69. The monoisotopic (exact) mass is 471 g/mol. The molecule has 0 atom stereocenters. The van der Waals surface area contributed by atoms with Gasteiger partial charge in [0.2, 0.25) is 0 Å². The Morgan fingerprint density at radius 3 is 2.57 bits per heavy atom. The van der Waals surface area contributed by atoms with Gasteiger partial charge >= 0.3 is 0 Å². The molecule has 0 bridgehead atoms. The highest BCUT2D eigenvalue weighted by molar-refractivity contribution is 5.91. The zero-order valence-corrected chi connectivity index (χ0v) is 20.0. The first-order valence-corrected chi connectivity index (χ1v) is 11.2. The van der Waals surface area contributed by atoms with Crippen LogP contribution in [-0.2, 0) is 5.41 Å². The molecule has 4 aromatic rings. The van der Waals surface area contributed by atoms with Crippen molar-refractivity contribution in [1.82, 2.24) is 15.5 Å². The number of nitrogens with zero attached hydrogens (tertiary/aromatic N) is 3. The number of ether oxygens (including phenoxy) is 1. The van der Waals surface area contributed by atoms with E-state index in [1.807, 2.05) is 99.6 Å². The van der Waals surface area contributed by atoms with E-state index in [-0.39, 0.29) is 2.85 Å². The number of nitrogens with two attached hydrogens (primary N) is 2. The Morgan fingerprint density at radius 2 is 1.80 bits per heavy atom. The first-order valence-electron chi connectivity index (χ1n) is 11.2. The van der Waals surface area contributed by atoms with Gasteiger partial charge in [0.1, 0.15) is 23.1 Å². The third kappa shape index (κ3) is 5.56. The summed E-state index contributed by atoms with van der Waals surface area (Å²) in [5.41, 5.74) is 12.4. The quantitative estimate of drug-likeness (QED) is 0.116. The molecular formula is C27H33N7O. The summed E-state index contributed by atoms with van der Waals surface area (Å²) in [6.07, 6.45) is 1.70. The highest BCUT2D eigenvalue weighted by atomic mass is 16.5. The largest absolute Gasteiger partial charge is 0.455 e. The molecule has 182 valence electrons. The van der Waals surface area contributed by atoms with Crippen LogP contribution >= 0.6 is 0 Å². The predicted octanol–water partition coefficient (Wildman–Crippen LogP) is 5.49. The van der Waals surface area contributed by atoms with Gasteiger partial charge < -0.3 is 15.8 Å². The van der Waals surface area contributed by atoms with Crippen LogP contribution in [-0.4, -0.2) is 15.8 Å². The van der Waals surface area contributed by atoms with Crippen LogP contribution in [0.2, 0.25) is 0 Å². The van der Waals surface area contributed by atoms with Crippen molar-refractivity contribution in [3.8, 4) is 22.8 Å². The van der Waals surface area contributed by atoms with Crippen molar-refractivity contribution >= 4 is 17.3 Å². The van der Waals surface area contributed by atoms with Gasteiger partial charge in [0.25, 0.3) is 0 Å². The number of benzene rings is 2. The average molecular weight is 472 g/mol. The highest BCUT2D eigenvalue weighted by Crippen LogP contribution is 2.33. The standard InChI is InChI=1S/C27H29N7O.2H2/c1-18-12-13-23(25(31-18)19-8-5-4-6-9-19)35-22-14-15-30-24(17-22)32-21-11-7-10-20(16-21)27(2,3)26(28)33-34-29;;/h4-17,34H,29H2,1-3H3,(H2,28,33)(H,30,32);2*1H. The van der Waals surface area contributed by atoms with Crippen LogP contribution in [0.1, 0.15) is 28.0 Å². The van der Waals surface area contributed by atoms with Crippen molar-refractivity contribution in [3.63, 3.8) is 0 Å². The number of pyridine rings is 2. The highest BCUT2D eigenvalue weighted by Gasteiger charge is 2.26. The molecule has 6 N–H and O–H groups in total. The Kier molecular flexibility index (Phi) is 6.93. The Hall–Kier alpha value is -4.43. The lowest BCUT2D eigenvalue weighted by Gasteiger charge is -2.25. The van der Waals surface area contributed by atoms with Gasteiger partial charge in [-0.2, -0.15) is 5.10 Å². The van der Waals surface area contributed by atoms with E-state index >= 15 is 0 Å². The number of anilines is 2. The molecule has 2 aromatic carbocycles. The molecule has 35 heavy (non-hydrogen) atoms. The maximum Gasteiger partial charge on any atom is 0.153 e. The molecule has 8 nitrogen and oxygen atoms in total. The summed E-state index contributed by atoms with van der Waals surface area (Å²) < 4.78 is 6.24. The molecular weight excluding hydrogens is 438 g/mol. The van der Waals surface area contributed by atoms with Crippen LogP contribution in [0.4, 0.5) is 11.5 Å². The maximum absolute atomic E-state index is 6.24. The van der Waals surface area contributed by atoms with Gasteiger partial charge in [-0.15, -0.1) is 0 Å². The van der Waals surface area contributed by atoms with Crippen molar-refractivity contribution in [3.05, 3.63) is 96.3 Å². The van der Waals surface area contributed by atoms with Crippen LogP contribution in [0, 0.1) is 6.92 Å². The number of hydrazone groups is 1. The minimum absolute atomic E-state index is 0. The van der Waals surface area contributed by atoms with Crippen LogP contribution in [0.5, 0.6) is 11.5 Å². The second-order valence-electron chi connectivity index (χ2n) is 8.60. The number of hydrogen-bond acceptors (Lipinski definition) is 7. The fourth-order valence-electron chi connectivity index (χ4n) is 3.59. The number of aromatic nitrogens is 2. The summed E-state index contributed by atoms with van der Waals surface area (Å²) >= 11 is 0. The average Bonchev–Trinajstić information content (AvgIpc) is 2.86. The van der Waals surface area contributed by atoms with E-state index < -0.39 is 5.41 Å². The van der Waals surface area contributed by atoms with E-state index in [2.05, 4.69) is 20.9 Å². The summed E-state index contributed by atoms with van der Waals surface area (Å²) in [5.74, 6) is 7.64. The Morgan fingerprint density at radius 1 is 1.00 bits per heavy atom. The molecule has 0 spiro atoms. The second-order valence-corrected chi connectivity index (χ2v) is 8.60. The topological polar surface area (TPSA) is 123 Å². The van der Waals surface area contributed by atoms with E-state index in [9.17, 15) is 0 Å². The molecule has 0 saturated heterocycles. The molecule has 2 heterocycles. The van der Waals surface area contributed by atoms with Gasteiger partial charge in [0, 0.05) is 37.5 Å². The number of hydrazine groups is 1. The summed E-state index contributed by atoms with van der Waals surface area (Å²) in [7, 11) is 0. The van der Waals surface area contributed by atoms with Crippen molar-refractivity contribution < 1.29 is 7.59 Å². The smallest absolute Gasteiger partial charge is 0.153 e. The summed E-state index contributed by atoms with van der Waals surface area (Å²) in [4.78, 5) is 9.15. The summed E-state index contributed by atoms with van der Waals surface area (Å²) in [6.45, 7) is 5.93. The van der Waals surface area contributed by atoms with E-state index in [4.69, 9.17) is 21.3 Å². The number of hydrogen-bond donors (Lipinski definition) is 4. The van der Waals surface area contributed by atoms with Gasteiger partial charge in [-0.25, -0.2) is 21.3 Å². The summed E-state index contributed by atoms with van der Waals surface area (Å²) in [6, 6.07) is 25.4. The van der Waals surface area contributed by atoms with Crippen molar-refractivity contribution in [2.24, 2.45) is 16.7 Å². The van der Waals surface area contributed by atoms with Gasteiger partial charge in [0.15, 0.2) is 5.75 Å². The third-order valence-electron chi connectivity index (χ3n) is 5.69. The summed E-state index contributed by atoms with van der Waals surface area (Å²) in [5, 5.41) is 7.28. The van der Waals surface area contributed by atoms with Crippen LogP contribution in [0.15, 0.2) is 90.2 Å². The number of rotatable bonds is 8. The molecule has 0 aliphatic heterocycles. The van der Waals surface area contributed by atoms with Gasteiger partial charge in [-0.3, -0.25) is 0 Å². The van der Waals surface area contributed by atoms with Gasteiger partial charge in [0.05, 0.1) is 0 Å². The first-order chi connectivity index (χ1) is 16.9. The van der Waals surface area contributed by atoms with Crippen molar-refractivity contribution in [2.45, 2.75) is 26.2 Å². The minimum Gasteiger partial charge on any atom is -0.455 e. The molecule has 8 heteroatoms. The zero-order valence-electron chi connectivity index (χ0n) is 20.0. The Labute approximate surface area is 208 Å². The zero-order chi connectivity index (χ0) is 24.8.